The molecule has 60 valence electrons. The molecule has 1 aromatic rings. The third-order valence-electron chi connectivity index (χ3n) is 1.39. The zero-order valence-corrected chi connectivity index (χ0v) is 7.53. The topological polar surface area (TPSA) is 0 Å². The Labute approximate surface area is 72.4 Å². The molecule has 0 nitrogen and oxygen atoms in total. The molecule has 0 N–H and O–H groups in total. The number of hydrogen-bond donors (Lipinski definition) is 0. The lowest BCUT2D eigenvalue weighted by Gasteiger charge is -2.04. The minimum atomic E-state index is -0.410. The van der Waals surface area contributed by atoms with Crippen molar-refractivity contribution in [1.82, 2.24) is 0 Å². The second kappa shape index (κ2) is 3.30. The van der Waals surface area contributed by atoms with Crippen LogP contribution in [0, 0.1) is 11.6 Å². The first-order valence-corrected chi connectivity index (χ1v) is 4.12. The molecule has 0 bridgehead atoms. The summed E-state index contributed by atoms with van der Waals surface area (Å²) >= 11 is 3.16. The quantitative estimate of drug-likeness (QED) is 0.637. The molecule has 1 atom stereocenters. The van der Waals surface area contributed by atoms with Crippen LogP contribution >= 0.6 is 15.9 Å². The fourth-order valence-electron chi connectivity index (χ4n) is 0.819. The van der Waals surface area contributed by atoms with Gasteiger partial charge in [0.25, 0.3) is 0 Å². The van der Waals surface area contributed by atoms with Gasteiger partial charge < -0.3 is 0 Å². The maximum atomic E-state index is 12.8. The first-order chi connectivity index (χ1) is 5.11. The highest BCUT2D eigenvalue weighted by Crippen LogP contribution is 2.24. The van der Waals surface area contributed by atoms with E-state index >= 15 is 0 Å². The van der Waals surface area contributed by atoms with Crippen LogP contribution in [-0.4, -0.2) is 0 Å². The molecular formula is C8H7BrF2. The molecule has 0 saturated carbocycles. The van der Waals surface area contributed by atoms with Crippen molar-refractivity contribution in [3.05, 3.63) is 35.4 Å². The number of halogens is 3. The number of rotatable bonds is 1. The van der Waals surface area contributed by atoms with Gasteiger partial charge in [-0.25, -0.2) is 8.78 Å². The van der Waals surface area contributed by atoms with E-state index in [0.29, 0.717) is 5.56 Å². The minimum Gasteiger partial charge on any atom is -0.207 e. The van der Waals surface area contributed by atoms with Crippen molar-refractivity contribution >= 4 is 15.9 Å². The third kappa shape index (κ3) is 1.99. The Balaban J connectivity index is 3.13. The smallest absolute Gasteiger partial charge is 0.127 e. The zero-order valence-electron chi connectivity index (χ0n) is 5.94. The van der Waals surface area contributed by atoms with Crippen molar-refractivity contribution in [3.8, 4) is 0 Å². The lowest BCUT2D eigenvalue weighted by molar-refractivity contribution is 0.586. The van der Waals surface area contributed by atoms with E-state index in [-0.39, 0.29) is 10.6 Å². The van der Waals surface area contributed by atoms with Gasteiger partial charge in [-0.1, -0.05) is 15.9 Å². The molecule has 0 fully saturated rings. The average molecular weight is 221 g/mol. The van der Waals surface area contributed by atoms with Crippen LogP contribution in [0.25, 0.3) is 0 Å². The average Bonchev–Trinajstić information content (AvgIpc) is 1.94. The highest BCUT2D eigenvalue weighted by Gasteiger charge is 2.07. The van der Waals surface area contributed by atoms with Gasteiger partial charge in [0.15, 0.2) is 0 Å². The fraction of sp³-hybridized carbons (Fsp3) is 0.250. The van der Waals surface area contributed by atoms with E-state index in [1.54, 1.807) is 6.92 Å². The number of alkyl halides is 1. The molecule has 0 radical (unpaired) electrons. The van der Waals surface area contributed by atoms with Crippen LogP contribution in [-0.2, 0) is 0 Å². The molecule has 0 saturated heterocycles. The number of benzene rings is 1. The van der Waals surface area contributed by atoms with E-state index in [2.05, 4.69) is 15.9 Å². The second-order valence-corrected chi connectivity index (χ2v) is 3.66. The molecule has 0 heterocycles. The molecule has 0 unspecified atom stereocenters. The van der Waals surface area contributed by atoms with Gasteiger partial charge in [0, 0.05) is 10.4 Å². The standard InChI is InChI=1S/C8H7BrF2/c1-5(9)7-4-6(10)2-3-8(7)11/h2-5H,1H3/t5-/m0/s1. The molecule has 0 aliphatic carbocycles. The minimum absolute atomic E-state index is 0.154. The van der Waals surface area contributed by atoms with Gasteiger partial charge in [0.2, 0.25) is 0 Å². The highest BCUT2D eigenvalue weighted by molar-refractivity contribution is 9.09. The lowest BCUT2D eigenvalue weighted by Crippen LogP contribution is -1.90. The molecule has 0 spiro atoms. The molecule has 1 aromatic carbocycles. The van der Waals surface area contributed by atoms with Crippen LogP contribution in [0.3, 0.4) is 0 Å². The van der Waals surface area contributed by atoms with Crippen molar-refractivity contribution in [1.29, 1.82) is 0 Å². The Kier molecular flexibility index (Phi) is 2.60. The van der Waals surface area contributed by atoms with Gasteiger partial charge in [-0.05, 0) is 25.1 Å². The van der Waals surface area contributed by atoms with Gasteiger partial charge in [0.05, 0.1) is 0 Å². The Bertz CT molecular complexity index is 258. The van der Waals surface area contributed by atoms with Crippen molar-refractivity contribution in [2.24, 2.45) is 0 Å². The maximum Gasteiger partial charge on any atom is 0.127 e. The van der Waals surface area contributed by atoms with Gasteiger partial charge in [0.1, 0.15) is 11.6 Å². The van der Waals surface area contributed by atoms with E-state index in [0.717, 1.165) is 12.1 Å². The first kappa shape index (κ1) is 8.65. The largest absolute Gasteiger partial charge is 0.207 e. The molecule has 0 aliphatic rings. The highest BCUT2D eigenvalue weighted by atomic mass is 79.9. The predicted octanol–water partition coefficient (Wildman–Crippen LogP) is 3.42. The summed E-state index contributed by atoms with van der Waals surface area (Å²) in [7, 11) is 0. The van der Waals surface area contributed by atoms with Crippen LogP contribution in [0.4, 0.5) is 8.78 Å². The lowest BCUT2D eigenvalue weighted by atomic mass is 10.1. The monoisotopic (exact) mass is 220 g/mol. The van der Waals surface area contributed by atoms with Crippen LogP contribution < -0.4 is 0 Å². The summed E-state index contributed by atoms with van der Waals surface area (Å²) in [4.78, 5) is -0.154. The summed E-state index contributed by atoms with van der Waals surface area (Å²) in [5.74, 6) is -0.788. The van der Waals surface area contributed by atoms with Gasteiger partial charge >= 0.3 is 0 Å². The summed E-state index contributed by atoms with van der Waals surface area (Å²) in [5, 5.41) is 0. The van der Waals surface area contributed by atoms with E-state index in [1.165, 1.54) is 6.07 Å². The van der Waals surface area contributed by atoms with Crippen molar-refractivity contribution in [3.63, 3.8) is 0 Å². The zero-order chi connectivity index (χ0) is 8.43. The normalized spacial score (nSPS) is 13.1. The summed E-state index contributed by atoms with van der Waals surface area (Å²) in [5.41, 5.74) is 0.352. The first-order valence-electron chi connectivity index (χ1n) is 3.20. The van der Waals surface area contributed by atoms with Gasteiger partial charge in [-0.15, -0.1) is 0 Å². The SMILES string of the molecule is C[C@H](Br)c1cc(F)ccc1F. The Hall–Kier alpha value is -0.440. The Morgan fingerprint density at radius 3 is 2.45 bits per heavy atom. The second-order valence-electron chi connectivity index (χ2n) is 2.28. The molecule has 3 heteroatoms. The molecule has 11 heavy (non-hydrogen) atoms. The fourth-order valence-corrected chi connectivity index (χ4v) is 1.17. The molecule has 0 aromatic heterocycles. The Morgan fingerprint density at radius 1 is 1.36 bits per heavy atom. The van der Waals surface area contributed by atoms with Gasteiger partial charge in [-0.2, -0.15) is 0 Å². The van der Waals surface area contributed by atoms with Gasteiger partial charge in [-0.3, -0.25) is 0 Å². The molecule has 0 aliphatic heterocycles. The predicted molar refractivity (Wildman–Crippen MR) is 43.7 cm³/mol. The summed E-state index contributed by atoms with van der Waals surface area (Å²) in [6, 6.07) is 3.42. The van der Waals surface area contributed by atoms with E-state index in [9.17, 15) is 8.78 Å². The summed E-state index contributed by atoms with van der Waals surface area (Å²) in [6.45, 7) is 1.75. The van der Waals surface area contributed by atoms with Crippen molar-refractivity contribution in [2.45, 2.75) is 11.8 Å². The molecule has 0 amide bonds. The van der Waals surface area contributed by atoms with Crippen molar-refractivity contribution in [2.75, 3.05) is 0 Å². The van der Waals surface area contributed by atoms with Crippen LogP contribution in [0.1, 0.15) is 17.3 Å². The number of hydrogen-bond acceptors (Lipinski definition) is 0. The molecular weight excluding hydrogens is 214 g/mol. The Morgan fingerprint density at radius 2 is 2.00 bits per heavy atom. The van der Waals surface area contributed by atoms with Crippen molar-refractivity contribution < 1.29 is 8.78 Å². The molecule has 1 rings (SSSR count). The van der Waals surface area contributed by atoms with Crippen LogP contribution in [0.2, 0.25) is 0 Å². The van der Waals surface area contributed by atoms with E-state index in [4.69, 9.17) is 0 Å². The van der Waals surface area contributed by atoms with Crippen LogP contribution in [0.5, 0.6) is 0 Å². The van der Waals surface area contributed by atoms with E-state index < -0.39 is 5.82 Å². The maximum absolute atomic E-state index is 12.8. The summed E-state index contributed by atoms with van der Waals surface area (Å²) in [6.07, 6.45) is 0. The van der Waals surface area contributed by atoms with E-state index in [1.807, 2.05) is 0 Å². The third-order valence-corrected chi connectivity index (χ3v) is 1.88. The van der Waals surface area contributed by atoms with Crippen LogP contribution in [0.15, 0.2) is 18.2 Å². The summed E-state index contributed by atoms with van der Waals surface area (Å²) < 4.78 is 25.3.